The molecule has 0 aliphatic carbocycles. The third kappa shape index (κ3) is 3.93. The fourth-order valence-electron chi connectivity index (χ4n) is 2.93. The lowest BCUT2D eigenvalue weighted by Crippen LogP contribution is -2.51. The monoisotopic (exact) mass is 283 g/mol. The van der Waals surface area contributed by atoms with E-state index < -0.39 is 0 Å². The van der Waals surface area contributed by atoms with Gasteiger partial charge in [-0.1, -0.05) is 0 Å². The fraction of sp³-hybridized carbons (Fsp3) is 0.857. The average Bonchev–Trinajstić information content (AvgIpc) is 2.92. The van der Waals surface area contributed by atoms with E-state index in [-0.39, 0.29) is 29.9 Å². The summed E-state index contributed by atoms with van der Waals surface area (Å²) in [5, 5.41) is 3.16. The Morgan fingerprint density at radius 1 is 1.35 bits per heavy atom. The van der Waals surface area contributed by atoms with Gasteiger partial charge in [0.25, 0.3) is 0 Å². The van der Waals surface area contributed by atoms with E-state index in [9.17, 15) is 9.59 Å². The minimum absolute atomic E-state index is 0.0430. The number of carbonyl (C=O) groups is 2. The molecule has 0 unspecified atom stereocenters. The molecule has 0 saturated carbocycles. The molecule has 0 bridgehead atoms. The molecule has 6 heteroatoms. The van der Waals surface area contributed by atoms with Crippen LogP contribution in [0, 0.1) is 5.92 Å². The van der Waals surface area contributed by atoms with Crippen LogP contribution in [-0.4, -0.2) is 55.1 Å². The highest BCUT2D eigenvalue weighted by atomic mass is 16.5. The Morgan fingerprint density at radius 3 is 2.80 bits per heavy atom. The molecule has 3 N–H and O–H groups in total. The topological polar surface area (TPSA) is 84.7 Å². The molecule has 0 aromatic carbocycles. The van der Waals surface area contributed by atoms with Gasteiger partial charge in [-0.25, -0.2) is 0 Å². The standard InChI is InChI=1S/C14H25N3O3/c1-10-4-5-11(14(15)19)9-17(10)13(18)8-16-7-12-3-2-6-20-12/h10-12,16H,2-9H2,1H3,(H2,15,19)/t10-,11-,12+/m1/s1. The van der Waals surface area contributed by atoms with Crippen molar-refractivity contribution in [1.29, 1.82) is 0 Å². The van der Waals surface area contributed by atoms with E-state index in [1.807, 2.05) is 6.92 Å². The summed E-state index contributed by atoms with van der Waals surface area (Å²) in [6, 6.07) is 0.183. The van der Waals surface area contributed by atoms with Crippen LogP contribution in [0.2, 0.25) is 0 Å². The highest BCUT2D eigenvalue weighted by Crippen LogP contribution is 2.21. The van der Waals surface area contributed by atoms with Gasteiger partial charge in [0.2, 0.25) is 11.8 Å². The Kier molecular flexibility index (Phi) is 5.37. The van der Waals surface area contributed by atoms with Crippen molar-refractivity contribution in [2.24, 2.45) is 11.7 Å². The van der Waals surface area contributed by atoms with Crippen molar-refractivity contribution in [2.75, 3.05) is 26.2 Å². The van der Waals surface area contributed by atoms with E-state index in [0.29, 0.717) is 19.6 Å². The van der Waals surface area contributed by atoms with Crippen molar-refractivity contribution < 1.29 is 14.3 Å². The second-order valence-electron chi connectivity index (χ2n) is 5.84. The van der Waals surface area contributed by atoms with Crippen LogP contribution in [0.3, 0.4) is 0 Å². The number of piperidine rings is 1. The maximum Gasteiger partial charge on any atom is 0.236 e. The summed E-state index contributed by atoms with van der Waals surface area (Å²) < 4.78 is 5.50. The number of amides is 2. The molecule has 2 aliphatic rings. The maximum atomic E-state index is 12.2. The molecule has 0 aromatic rings. The van der Waals surface area contributed by atoms with Gasteiger partial charge < -0.3 is 20.7 Å². The lowest BCUT2D eigenvalue weighted by Gasteiger charge is -2.37. The van der Waals surface area contributed by atoms with Crippen molar-refractivity contribution in [2.45, 2.75) is 44.8 Å². The van der Waals surface area contributed by atoms with E-state index in [1.54, 1.807) is 4.90 Å². The summed E-state index contributed by atoms with van der Waals surface area (Å²) in [7, 11) is 0. The first kappa shape index (κ1) is 15.3. The first-order valence-corrected chi connectivity index (χ1v) is 7.49. The van der Waals surface area contributed by atoms with Crippen molar-refractivity contribution >= 4 is 11.8 Å². The second-order valence-corrected chi connectivity index (χ2v) is 5.84. The normalized spacial score (nSPS) is 30.4. The molecule has 0 spiro atoms. The van der Waals surface area contributed by atoms with Crippen LogP contribution in [0.5, 0.6) is 0 Å². The molecule has 2 saturated heterocycles. The molecule has 2 fully saturated rings. The van der Waals surface area contributed by atoms with E-state index >= 15 is 0 Å². The number of ether oxygens (including phenoxy) is 1. The van der Waals surface area contributed by atoms with Crippen LogP contribution in [0.25, 0.3) is 0 Å². The molecule has 2 amide bonds. The zero-order valence-corrected chi connectivity index (χ0v) is 12.1. The number of rotatable bonds is 5. The summed E-state index contributed by atoms with van der Waals surface area (Å²) in [6.45, 7) is 4.32. The van der Waals surface area contributed by atoms with Crippen LogP contribution >= 0.6 is 0 Å². The lowest BCUT2D eigenvalue weighted by molar-refractivity contribution is -0.136. The van der Waals surface area contributed by atoms with Crippen LogP contribution in [-0.2, 0) is 14.3 Å². The van der Waals surface area contributed by atoms with Gasteiger partial charge in [-0.05, 0) is 32.6 Å². The molecule has 0 aromatic heterocycles. The van der Waals surface area contributed by atoms with Crippen molar-refractivity contribution in [3.8, 4) is 0 Å². The van der Waals surface area contributed by atoms with Gasteiger partial charge in [-0.2, -0.15) is 0 Å². The van der Waals surface area contributed by atoms with Gasteiger partial charge in [0, 0.05) is 25.7 Å². The number of nitrogens with one attached hydrogen (secondary N) is 1. The predicted molar refractivity (Wildman–Crippen MR) is 74.9 cm³/mol. The fourth-order valence-corrected chi connectivity index (χ4v) is 2.93. The second kappa shape index (κ2) is 7.04. The van der Waals surface area contributed by atoms with Crippen LogP contribution < -0.4 is 11.1 Å². The van der Waals surface area contributed by atoms with Gasteiger partial charge in [0.1, 0.15) is 0 Å². The molecular formula is C14H25N3O3. The zero-order chi connectivity index (χ0) is 14.5. The molecule has 6 nitrogen and oxygen atoms in total. The third-order valence-electron chi connectivity index (χ3n) is 4.28. The quantitative estimate of drug-likeness (QED) is 0.736. The van der Waals surface area contributed by atoms with E-state index in [2.05, 4.69) is 5.32 Å². The summed E-state index contributed by atoms with van der Waals surface area (Å²) in [4.78, 5) is 25.3. The first-order valence-electron chi connectivity index (χ1n) is 7.49. The molecule has 0 radical (unpaired) electrons. The van der Waals surface area contributed by atoms with Crippen LogP contribution in [0.15, 0.2) is 0 Å². The van der Waals surface area contributed by atoms with Gasteiger partial charge >= 0.3 is 0 Å². The highest BCUT2D eigenvalue weighted by molar-refractivity contribution is 5.81. The maximum absolute atomic E-state index is 12.2. The summed E-state index contributed by atoms with van der Waals surface area (Å²) >= 11 is 0. The Labute approximate surface area is 120 Å². The Balaban J connectivity index is 1.76. The Hall–Kier alpha value is -1.14. The van der Waals surface area contributed by atoms with E-state index in [4.69, 9.17) is 10.5 Å². The number of carbonyl (C=O) groups excluding carboxylic acids is 2. The van der Waals surface area contributed by atoms with Gasteiger partial charge in [0.15, 0.2) is 0 Å². The minimum Gasteiger partial charge on any atom is -0.377 e. The Bertz CT molecular complexity index is 356. The van der Waals surface area contributed by atoms with E-state index in [1.165, 1.54) is 0 Å². The SMILES string of the molecule is C[C@@H]1CC[C@@H](C(N)=O)CN1C(=O)CNC[C@@H]1CCCO1. The van der Waals surface area contributed by atoms with Crippen LogP contribution in [0.1, 0.15) is 32.6 Å². The van der Waals surface area contributed by atoms with Gasteiger partial charge in [-0.3, -0.25) is 9.59 Å². The molecular weight excluding hydrogens is 258 g/mol. The number of likely N-dealkylation sites (tertiary alicyclic amines) is 1. The van der Waals surface area contributed by atoms with Gasteiger partial charge in [0.05, 0.1) is 18.6 Å². The van der Waals surface area contributed by atoms with Crippen molar-refractivity contribution in [3.05, 3.63) is 0 Å². The molecule has 2 heterocycles. The number of nitrogens with zero attached hydrogens (tertiary/aromatic N) is 1. The number of hydrogen-bond donors (Lipinski definition) is 2. The van der Waals surface area contributed by atoms with Crippen molar-refractivity contribution in [1.82, 2.24) is 10.2 Å². The predicted octanol–water partition coefficient (Wildman–Crippen LogP) is -0.133. The first-order chi connectivity index (χ1) is 9.58. The number of hydrogen-bond acceptors (Lipinski definition) is 4. The lowest BCUT2D eigenvalue weighted by atomic mass is 9.93. The van der Waals surface area contributed by atoms with Gasteiger partial charge in [-0.15, -0.1) is 0 Å². The molecule has 2 rings (SSSR count). The molecule has 114 valence electrons. The summed E-state index contributed by atoms with van der Waals surface area (Å²) in [5.74, 6) is -0.461. The zero-order valence-electron chi connectivity index (χ0n) is 12.1. The smallest absolute Gasteiger partial charge is 0.236 e. The number of nitrogens with two attached hydrogens (primary N) is 1. The average molecular weight is 283 g/mol. The van der Waals surface area contributed by atoms with E-state index in [0.717, 1.165) is 32.3 Å². The molecule has 20 heavy (non-hydrogen) atoms. The third-order valence-corrected chi connectivity index (χ3v) is 4.28. The van der Waals surface area contributed by atoms with Crippen LogP contribution in [0.4, 0.5) is 0 Å². The molecule has 3 atom stereocenters. The molecule has 2 aliphatic heterocycles. The highest BCUT2D eigenvalue weighted by Gasteiger charge is 2.31. The number of primary amides is 1. The van der Waals surface area contributed by atoms with Crippen molar-refractivity contribution in [3.63, 3.8) is 0 Å². The summed E-state index contributed by atoms with van der Waals surface area (Å²) in [6.07, 6.45) is 4.02. The summed E-state index contributed by atoms with van der Waals surface area (Å²) in [5.41, 5.74) is 5.35. The largest absolute Gasteiger partial charge is 0.377 e. The Morgan fingerprint density at radius 2 is 2.15 bits per heavy atom. The minimum atomic E-state index is -0.304.